The minimum atomic E-state index is -1.51. The smallest absolute Gasteiger partial charge is 0.361 e. The molecule has 0 spiro atoms. The molecule has 0 aromatic carbocycles. The standard InChI is InChI=1S/C44H79NO8/c1-6-8-10-12-14-16-17-18-19-20-21-22-23-24-25-27-29-31-33-35-42(47)53-40(39-52-44(43(48)49)50-37-36-45(3,4)5)38-51-41(46)34-32-30-28-26-15-13-11-9-7-2/h14,16,18-19,21-22,40,44H,6-13,15,17,20,23-39H2,1-5H3/p+1/b16-14-,19-18-,22-21-. The topological polar surface area (TPSA) is 108 Å². The number of unbranched alkanes of at least 4 members (excludes halogenated alkanes) is 17. The van der Waals surface area contributed by atoms with E-state index < -0.39 is 24.3 Å². The predicted molar refractivity (Wildman–Crippen MR) is 217 cm³/mol. The molecule has 0 bridgehead atoms. The Hall–Kier alpha value is -2.49. The summed E-state index contributed by atoms with van der Waals surface area (Å²) in [4.78, 5) is 36.9. The number of quaternary nitrogens is 1. The number of carboxylic acids is 1. The third-order valence-electron chi connectivity index (χ3n) is 8.90. The Morgan fingerprint density at radius 2 is 1.02 bits per heavy atom. The molecule has 0 fully saturated rings. The van der Waals surface area contributed by atoms with Gasteiger partial charge in [-0.2, -0.15) is 0 Å². The van der Waals surface area contributed by atoms with Crippen LogP contribution in [0.15, 0.2) is 36.5 Å². The lowest BCUT2D eigenvalue weighted by Crippen LogP contribution is -2.40. The van der Waals surface area contributed by atoms with E-state index in [4.69, 9.17) is 18.9 Å². The van der Waals surface area contributed by atoms with Crippen LogP contribution in [0.5, 0.6) is 0 Å². The monoisotopic (exact) mass is 751 g/mol. The maximum Gasteiger partial charge on any atom is 0.361 e. The van der Waals surface area contributed by atoms with E-state index in [-0.39, 0.29) is 32.2 Å². The van der Waals surface area contributed by atoms with Crippen LogP contribution in [0, 0.1) is 0 Å². The normalized spacial score (nSPS) is 13.3. The number of nitrogens with zero attached hydrogens (tertiary/aromatic N) is 1. The van der Waals surface area contributed by atoms with E-state index in [1.807, 2.05) is 21.1 Å². The van der Waals surface area contributed by atoms with Gasteiger partial charge in [-0.05, 0) is 51.4 Å². The Bertz CT molecular complexity index is 971. The van der Waals surface area contributed by atoms with Gasteiger partial charge < -0.3 is 28.5 Å². The first kappa shape index (κ1) is 50.5. The number of carbonyl (C=O) groups excluding carboxylic acids is 2. The van der Waals surface area contributed by atoms with Crippen molar-refractivity contribution in [2.45, 2.75) is 180 Å². The van der Waals surface area contributed by atoms with E-state index in [1.165, 1.54) is 77.0 Å². The van der Waals surface area contributed by atoms with Crippen molar-refractivity contribution in [1.82, 2.24) is 0 Å². The summed E-state index contributed by atoms with van der Waals surface area (Å²) in [5.41, 5.74) is 0. The van der Waals surface area contributed by atoms with E-state index in [0.717, 1.165) is 57.8 Å². The lowest BCUT2D eigenvalue weighted by molar-refractivity contribution is -0.870. The molecule has 9 heteroatoms. The fraction of sp³-hybridized carbons (Fsp3) is 0.795. The molecule has 2 unspecified atom stereocenters. The number of hydrogen-bond donors (Lipinski definition) is 1. The van der Waals surface area contributed by atoms with Gasteiger partial charge in [0.1, 0.15) is 13.2 Å². The Morgan fingerprint density at radius 1 is 0.566 bits per heavy atom. The van der Waals surface area contributed by atoms with Crippen LogP contribution in [0.2, 0.25) is 0 Å². The molecule has 0 amide bonds. The lowest BCUT2D eigenvalue weighted by atomic mass is 10.1. The van der Waals surface area contributed by atoms with Crippen molar-refractivity contribution >= 4 is 17.9 Å². The summed E-state index contributed by atoms with van der Waals surface area (Å²) < 4.78 is 22.6. The molecule has 0 aromatic heterocycles. The van der Waals surface area contributed by atoms with Gasteiger partial charge in [-0.3, -0.25) is 9.59 Å². The van der Waals surface area contributed by atoms with Crippen LogP contribution < -0.4 is 0 Å². The molecule has 0 aliphatic carbocycles. The first-order chi connectivity index (χ1) is 25.6. The molecule has 0 rings (SSSR count). The Labute approximate surface area is 324 Å². The molecule has 9 nitrogen and oxygen atoms in total. The van der Waals surface area contributed by atoms with Crippen LogP contribution in [0.4, 0.5) is 0 Å². The highest BCUT2D eigenvalue weighted by atomic mass is 16.7. The summed E-state index contributed by atoms with van der Waals surface area (Å²) in [6.07, 6.45) is 36.3. The van der Waals surface area contributed by atoms with Crippen molar-refractivity contribution in [2.24, 2.45) is 0 Å². The number of ether oxygens (including phenoxy) is 4. The second kappa shape index (κ2) is 36.5. The number of rotatable bonds is 38. The fourth-order valence-electron chi connectivity index (χ4n) is 5.55. The van der Waals surface area contributed by atoms with Gasteiger partial charge in [0.2, 0.25) is 0 Å². The zero-order valence-corrected chi connectivity index (χ0v) is 34.7. The Kier molecular flexibility index (Phi) is 34.8. The first-order valence-corrected chi connectivity index (χ1v) is 21.2. The SMILES string of the molecule is CCCCC/C=C\C/C=C\C/C=C\CCCCCCCCC(=O)OC(COC(=O)CCCCCCCCCCC)COC(OCC[N+](C)(C)C)C(=O)O. The molecule has 0 aromatic rings. The van der Waals surface area contributed by atoms with Crippen molar-refractivity contribution in [3.05, 3.63) is 36.5 Å². The highest BCUT2D eigenvalue weighted by Gasteiger charge is 2.25. The third-order valence-corrected chi connectivity index (χ3v) is 8.90. The number of likely N-dealkylation sites (N-methyl/N-ethyl adjacent to an activating group) is 1. The highest BCUT2D eigenvalue weighted by molar-refractivity contribution is 5.71. The second-order valence-corrected chi connectivity index (χ2v) is 15.3. The zero-order valence-electron chi connectivity index (χ0n) is 34.7. The summed E-state index contributed by atoms with van der Waals surface area (Å²) >= 11 is 0. The molecule has 0 saturated heterocycles. The maximum absolute atomic E-state index is 12.7. The van der Waals surface area contributed by atoms with E-state index in [0.29, 0.717) is 23.9 Å². The van der Waals surface area contributed by atoms with Crippen LogP contribution in [0.3, 0.4) is 0 Å². The first-order valence-electron chi connectivity index (χ1n) is 21.2. The van der Waals surface area contributed by atoms with Crippen molar-refractivity contribution in [3.8, 4) is 0 Å². The van der Waals surface area contributed by atoms with Crippen molar-refractivity contribution < 1.29 is 42.9 Å². The zero-order chi connectivity index (χ0) is 39.3. The van der Waals surface area contributed by atoms with Crippen LogP contribution in [-0.4, -0.2) is 87.4 Å². The summed E-state index contributed by atoms with van der Waals surface area (Å²) in [5, 5.41) is 9.60. The number of allylic oxidation sites excluding steroid dienone is 6. The molecule has 0 saturated carbocycles. The molecule has 1 N–H and O–H groups in total. The van der Waals surface area contributed by atoms with Gasteiger partial charge in [-0.15, -0.1) is 0 Å². The van der Waals surface area contributed by atoms with Gasteiger partial charge in [0.05, 0.1) is 34.4 Å². The average molecular weight is 751 g/mol. The summed E-state index contributed by atoms with van der Waals surface area (Å²) in [6, 6.07) is 0. The third kappa shape index (κ3) is 37.6. The van der Waals surface area contributed by atoms with Crippen molar-refractivity contribution in [2.75, 3.05) is 47.5 Å². The summed E-state index contributed by atoms with van der Waals surface area (Å²) in [5.74, 6) is -2.03. The predicted octanol–water partition coefficient (Wildman–Crippen LogP) is 10.7. The van der Waals surface area contributed by atoms with Crippen LogP contribution in [-0.2, 0) is 33.3 Å². The van der Waals surface area contributed by atoms with Crippen LogP contribution in [0.25, 0.3) is 0 Å². The van der Waals surface area contributed by atoms with Crippen LogP contribution >= 0.6 is 0 Å². The maximum atomic E-state index is 12.7. The molecule has 53 heavy (non-hydrogen) atoms. The summed E-state index contributed by atoms with van der Waals surface area (Å²) in [7, 11) is 5.94. The van der Waals surface area contributed by atoms with Crippen LogP contribution in [0.1, 0.15) is 168 Å². The molecule has 0 aliphatic heterocycles. The van der Waals surface area contributed by atoms with E-state index >= 15 is 0 Å². The lowest BCUT2D eigenvalue weighted by Gasteiger charge is -2.25. The Balaban J connectivity index is 4.45. The summed E-state index contributed by atoms with van der Waals surface area (Å²) in [6.45, 7) is 4.79. The molecule has 308 valence electrons. The average Bonchev–Trinajstić information content (AvgIpc) is 3.11. The molecular formula is C44H80NO8+. The highest BCUT2D eigenvalue weighted by Crippen LogP contribution is 2.13. The number of carbonyl (C=O) groups is 3. The molecular weight excluding hydrogens is 670 g/mol. The number of esters is 2. The quantitative estimate of drug-likeness (QED) is 0.0218. The van der Waals surface area contributed by atoms with E-state index in [9.17, 15) is 19.5 Å². The van der Waals surface area contributed by atoms with Gasteiger partial charge >= 0.3 is 17.9 Å². The number of aliphatic carboxylic acids is 1. The minimum absolute atomic E-state index is 0.185. The van der Waals surface area contributed by atoms with Gasteiger partial charge in [0, 0.05) is 12.8 Å². The minimum Gasteiger partial charge on any atom is -0.477 e. The van der Waals surface area contributed by atoms with Crippen molar-refractivity contribution in [3.63, 3.8) is 0 Å². The Morgan fingerprint density at radius 3 is 1.55 bits per heavy atom. The van der Waals surface area contributed by atoms with E-state index in [2.05, 4.69) is 50.3 Å². The van der Waals surface area contributed by atoms with Gasteiger partial charge in [-0.1, -0.05) is 140 Å². The molecule has 0 radical (unpaired) electrons. The molecule has 0 aliphatic rings. The molecule has 2 atom stereocenters. The number of hydrogen-bond acceptors (Lipinski definition) is 7. The van der Waals surface area contributed by atoms with Gasteiger partial charge in [-0.25, -0.2) is 4.79 Å². The fourth-order valence-corrected chi connectivity index (χ4v) is 5.55. The van der Waals surface area contributed by atoms with Crippen molar-refractivity contribution in [1.29, 1.82) is 0 Å². The van der Waals surface area contributed by atoms with Gasteiger partial charge in [0.15, 0.2) is 6.10 Å². The largest absolute Gasteiger partial charge is 0.477 e. The molecule has 0 heterocycles. The number of carboxylic acid groups (broad SMARTS) is 1. The van der Waals surface area contributed by atoms with E-state index in [1.54, 1.807) is 0 Å². The second-order valence-electron chi connectivity index (χ2n) is 15.3. The van der Waals surface area contributed by atoms with Gasteiger partial charge in [0.25, 0.3) is 6.29 Å².